The molecule has 1 amide bonds. The number of carbonyl (C=O) groups is 1. The van der Waals surface area contributed by atoms with Gasteiger partial charge >= 0.3 is 0 Å². The van der Waals surface area contributed by atoms with Crippen LogP contribution in [0.2, 0.25) is 0 Å². The van der Waals surface area contributed by atoms with Gasteiger partial charge in [-0.1, -0.05) is 12.1 Å². The second-order valence-electron chi connectivity index (χ2n) is 5.54. The first kappa shape index (κ1) is 15.8. The quantitative estimate of drug-likeness (QED) is 0.857. The summed E-state index contributed by atoms with van der Waals surface area (Å²) in [5.41, 5.74) is 1.15. The molecule has 0 aromatic heterocycles. The lowest BCUT2D eigenvalue weighted by molar-refractivity contribution is -0.129. The number of morpholine rings is 1. The number of ether oxygens (including phenoxy) is 2. The topological polar surface area (TPSA) is 59.6 Å². The second-order valence-corrected chi connectivity index (χ2v) is 5.54. The minimum Gasteiger partial charge on any atom is -0.491 e. The third-order valence-electron chi connectivity index (χ3n) is 3.48. The summed E-state index contributed by atoms with van der Waals surface area (Å²) in [4.78, 5) is 12.2. The van der Waals surface area contributed by atoms with Crippen molar-refractivity contribution >= 4 is 5.91 Å². The molecular weight excluding hydrogens is 268 g/mol. The van der Waals surface area contributed by atoms with E-state index in [1.165, 1.54) is 0 Å². The Morgan fingerprint density at radius 3 is 3.10 bits per heavy atom. The number of nitrogens with one attached hydrogen (secondary N) is 2. The van der Waals surface area contributed by atoms with Gasteiger partial charge in [0.1, 0.15) is 18.4 Å². The van der Waals surface area contributed by atoms with Crippen LogP contribution in [-0.4, -0.2) is 43.9 Å². The van der Waals surface area contributed by atoms with Crippen LogP contribution in [0.5, 0.6) is 5.75 Å². The number of amides is 1. The summed E-state index contributed by atoms with van der Waals surface area (Å²) in [6.45, 7) is 7.66. The van der Waals surface area contributed by atoms with Crippen LogP contribution in [-0.2, 0) is 9.53 Å². The lowest BCUT2D eigenvalue weighted by Gasteiger charge is -2.30. The van der Waals surface area contributed by atoms with Crippen LogP contribution in [0.1, 0.15) is 19.4 Å². The number of rotatable bonds is 5. The molecule has 1 aromatic carbocycles. The fourth-order valence-corrected chi connectivity index (χ4v) is 2.33. The molecule has 0 bridgehead atoms. The Hall–Kier alpha value is -1.59. The van der Waals surface area contributed by atoms with Crippen molar-refractivity contribution in [1.82, 2.24) is 10.6 Å². The van der Waals surface area contributed by atoms with Gasteiger partial charge in [-0.3, -0.25) is 4.79 Å². The number of carbonyl (C=O) groups excluding carboxylic acids is 1. The molecule has 116 valence electrons. The first-order chi connectivity index (χ1) is 10.1. The van der Waals surface area contributed by atoms with Gasteiger partial charge in [0.2, 0.25) is 5.91 Å². The minimum absolute atomic E-state index is 0.0393. The minimum atomic E-state index is -0.292. The van der Waals surface area contributed by atoms with Crippen LogP contribution < -0.4 is 15.4 Å². The summed E-state index contributed by atoms with van der Waals surface area (Å²) in [5.74, 6) is 0.783. The molecule has 1 aliphatic heterocycles. The number of hydrogen-bond donors (Lipinski definition) is 2. The van der Waals surface area contributed by atoms with E-state index in [1.54, 1.807) is 0 Å². The first-order valence-corrected chi connectivity index (χ1v) is 7.41. The SMILES string of the molecule is Cc1cccc(OCC(C)NC(=O)[C@H]2NCCO[C@@H]2C)c1. The molecular formula is C16H24N2O3. The van der Waals surface area contributed by atoms with Crippen molar-refractivity contribution in [3.63, 3.8) is 0 Å². The van der Waals surface area contributed by atoms with Gasteiger partial charge in [0.05, 0.1) is 18.8 Å². The molecule has 2 N–H and O–H groups in total. The molecule has 5 heteroatoms. The smallest absolute Gasteiger partial charge is 0.240 e. The highest BCUT2D eigenvalue weighted by Crippen LogP contribution is 2.12. The van der Waals surface area contributed by atoms with Gasteiger partial charge in [-0.15, -0.1) is 0 Å². The first-order valence-electron chi connectivity index (χ1n) is 7.41. The molecule has 0 radical (unpaired) electrons. The van der Waals surface area contributed by atoms with Crippen LogP contribution in [0, 0.1) is 6.92 Å². The van der Waals surface area contributed by atoms with Crippen LogP contribution >= 0.6 is 0 Å². The standard InChI is InChI=1S/C16H24N2O3/c1-11-5-4-6-14(9-11)21-10-12(2)18-16(19)15-13(3)20-8-7-17-15/h4-6,9,12-13,15,17H,7-8,10H2,1-3H3,(H,18,19)/t12?,13-,15+/m1/s1. The molecule has 5 nitrogen and oxygen atoms in total. The van der Waals surface area contributed by atoms with Crippen molar-refractivity contribution in [1.29, 1.82) is 0 Å². The molecule has 1 heterocycles. The van der Waals surface area contributed by atoms with E-state index in [0.717, 1.165) is 11.3 Å². The molecule has 1 fully saturated rings. The molecule has 2 rings (SSSR count). The lowest BCUT2D eigenvalue weighted by atomic mass is 10.1. The lowest BCUT2D eigenvalue weighted by Crippen LogP contribution is -2.57. The Bertz CT molecular complexity index is 478. The third-order valence-corrected chi connectivity index (χ3v) is 3.48. The van der Waals surface area contributed by atoms with Crippen molar-refractivity contribution in [3.05, 3.63) is 29.8 Å². The predicted octanol–water partition coefficient (Wildman–Crippen LogP) is 1.26. The molecule has 1 aliphatic rings. The van der Waals surface area contributed by atoms with E-state index >= 15 is 0 Å². The maximum atomic E-state index is 12.2. The van der Waals surface area contributed by atoms with Gasteiger partial charge in [-0.25, -0.2) is 0 Å². The highest BCUT2D eigenvalue weighted by atomic mass is 16.5. The Kier molecular flexibility index (Phi) is 5.59. The zero-order valence-electron chi connectivity index (χ0n) is 12.9. The zero-order chi connectivity index (χ0) is 15.2. The Morgan fingerprint density at radius 1 is 1.57 bits per heavy atom. The van der Waals surface area contributed by atoms with Gasteiger partial charge in [-0.2, -0.15) is 0 Å². The van der Waals surface area contributed by atoms with Crippen LogP contribution in [0.4, 0.5) is 0 Å². The van der Waals surface area contributed by atoms with Gasteiger partial charge in [-0.05, 0) is 38.5 Å². The fourth-order valence-electron chi connectivity index (χ4n) is 2.33. The fraction of sp³-hybridized carbons (Fsp3) is 0.562. The van der Waals surface area contributed by atoms with Crippen molar-refractivity contribution in [2.45, 2.75) is 39.0 Å². The molecule has 0 saturated carbocycles. The largest absolute Gasteiger partial charge is 0.491 e. The Balaban J connectivity index is 1.78. The third kappa shape index (κ3) is 4.72. The summed E-state index contributed by atoms with van der Waals surface area (Å²) in [5, 5.41) is 6.14. The van der Waals surface area contributed by atoms with Crippen LogP contribution in [0.25, 0.3) is 0 Å². The normalized spacial score (nSPS) is 23.4. The highest BCUT2D eigenvalue weighted by Gasteiger charge is 2.28. The number of aryl methyl sites for hydroxylation is 1. The average molecular weight is 292 g/mol. The molecule has 1 aromatic rings. The number of benzene rings is 1. The van der Waals surface area contributed by atoms with E-state index in [9.17, 15) is 4.79 Å². The zero-order valence-corrected chi connectivity index (χ0v) is 12.9. The Labute approximate surface area is 126 Å². The Morgan fingerprint density at radius 2 is 2.38 bits per heavy atom. The summed E-state index contributed by atoms with van der Waals surface area (Å²) in [6, 6.07) is 7.52. The van der Waals surface area contributed by atoms with Gasteiger partial charge in [0.15, 0.2) is 0 Å². The molecule has 0 spiro atoms. The number of hydrogen-bond acceptors (Lipinski definition) is 4. The maximum absolute atomic E-state index is 12.2. The highest BCUT2D eigenvalue weighted by molar-refractivity contribution is 5.82. The van der Waals surface area contributed by atoms with Gasteiger partial charge in [0, 0.05) is 6.54 Å². The second kappa shape index (κ2) is 7.43. The summed E-state index contributed by atoms with van der Waals surface area (Å²) < 4.78 is 11.2. The predicted molar refractivity (Wildman–Crippen MR) is 81.5 cm³/mol. The van der Waals surface area contributed by atoms with Crippen LogP contribution in [0.15, 0.2) is 24.3 Å². The summed E-state index contributed by atoms with van der Waals surface area (Å²) >= 11 is 0. The molecule has 1 unspecified atom stereocenters. The molecule has 0 aliphatic carbocycles. The molecule has 3 atom stereocenters. The van der Waals surface area contributed by atoms with Crippen molar-refractivity contribution in [3.8, 4) is 5.75 Å². The molecule has 1 saturated heterocycles. The van der Waals surface area contributed by atoms with Gasteiger partial charge in [0.25, 0.3) is 0 Å². The van der Waals surface area contributed by atoms with E-state index in [-0.39, 0.29) is 24.1 Å². The van der Waals surface area contributed by atoms with E-state index in [4.69, 9.17) is 9.47 Å². The van der Waals surface area contributed by atoms with E-state index in [2.05, 4.69) is 10.6 Å². The maximum Gasteiger partial charge on any atom is 0.240 e. The van der Waals surface area contributed by atoms with Crippen molar-refractivity contribution < 1.29 is 14.3 Å². The van der Waals surface area contributed by atoms with E-state index in [0.29, 0.717) is 19.8 Å². The molecule has 21 heavy (non-hydrogen) atoms. The van der Waals surface area contributed by atoms with Crippen molar-refractivity contribution in [2.24, 2.45) is 0 Å². The van der Waals surface area contributed by atoms with Gasteiger partial charge < -0.3 is 20.1 Å². The summed E-state index contributed by atoms with van der Waals surface area (Å²) in [6.07, 6.45) is -0.108. The monoisotopic (exact) mass is 292 g/mol. The van der Waals surface area contributed by atoms with Crippen LogP contribution in [0.3, 0.4) is 0 Å². The van der Waals surface area contributed by atoms with E-state index < -0.39 is 0 Å². The van der Waals surface area contributed by atoms with E-state index in [1.807, 2.05) is 45.0 Å². The van der Waals surface area contributed by atoms with Crippen molar-refractivity contribution in [2.75, 3.05) is 19.8 Å². The summed E-state index contributed by atoms with van der Waals surface area (Å²) in [7, 11) is 0. The average Bonchev–Trinajstić information content (AvgIpc) is 2.45.